The van der Waals surface area contributed by atoms with Crippen molar-refractivity contribution in [2.24, 2.45) is 4.99 Å². The average Bonchev–Trinajstić information content (AvgIpc) is 2.53. The Balaban J connectivity index is 2.36. The largest absolute Gasteiger partial charge is 0.358 e. The van der Waals surface area contributed by atoms with Gasteiger partial charge in [-0.2, -0.15) is 0 Å². The topological polar surface area (TPSA) is 24.4 Å². The summed E-state index contributed by atoms with van der Waals surface area (Å²) < 4.78 is 0. The number of rotatable bonds is 4. The third kappa shape index (κ3) is 3.94. The van der Waals surface area contributed by atoms with Crippen LogP contribution in [0.4, 0.5) is 11.4 Å². The Morgan fingerprint density at radius 2 is 1.21 bits per heavy atom. The summed E-state index contributed by atoms with van der Waals surface area (Å²) in [6.45, 7) is 14.8. The van der Waals surface area contributed by atoms with E-state index < -0.39 is 0 Å². The van der Waals surface area contributed by atoms with Gasteiger partial charge in [0.25, 0.3) is 0 Å². The first-order chi connectivity index (χ1) is 11.3. The zero-order chi connectivity index (χ0) is 17.9. The monoisotopic (exact) mass is 320 g/mol. The van der Waals surface area contributed by atoms with Crippen molar-refractivity contribution in [3.8, 4) is 0 Å². The molecule has 0 aliphatic carbocycles. The van der Waals surface area contributed by atoms with Gasteiger partial charge in [0.2, 0.25) is 0 Å². The fraction of sp³-hybridized carbons (Fsp3) is 0.318. The van der Waals surface area contributed by atoms with E-state index in [0.29, 0.717) is 0 Å². The summed E-state index contributed by atoms with van der Waals surface area (Å²) in [4.78, 5) is 4.88. The van der Waals surface area contributed by atoms with Crippen LogP contribution in [0.5, 0.6) is 0 Å². The minimum atomic E-state index is 1.05. The van der Waals surface area contributed by atoms with Gasteiger partial charge >= 0.3 is 0 Å². The van der Waals surface area contributed by atoms with Crippen LogP contribution in [0.3, 0.4) is 0 Å². The van der Waals surface area contributed by atoms with Gasteiger partial charge in [0.15, 0.2) is 0 Å². The standard InChI is InChI=1S/C22H28N2/c1-14-10-8-11-15(2)21(14)23-19(6)18(5)20(7)24-22-16(3)12-9-13-17(22)4/h8-13,23H,1-7H3/b19-18-,24-20?. The molecule has 0 saturated heterocycles. The van der Waals surface area contributed by atoms with Gasteiger partial charge in [0, 0.05) is 17.1 Å². The molecule has 2 rings (SSSR count). The average molecular weight is 320 g/mol. The van der Waals surface area contributed by atoms with Crippen molar-refractivity contribution in [2.45, 2.75) is 48.5 Å². The zero-order valence-corrected chi connectivity index (χ0v) is 15.9. The Morgan fingerprint density at radius 3 is 1.71 bits per heavy atom. The first-order valence-electron chi connectivity index (χ1n) is 8.44. The highest BCUT2D eigenvalue weighted by molar-refractivity contribution is 6.00. The first-order valence-corrected chi connectivity index (χ1v) is 8.44. The number of anilines is 1. The quantitative estimate of drug-likeness (QED) is 0.646. The van der Waals surface area contributed by atoms with E-state index in [-0.39, 0.29) is 0 Å². The minimum absolute atomic E-state index is 1.05. The minimum Gasteiger partial charge on any atom is -0.358 e. The molecule has 1 N–H and O–H groups in total. The number of allylic oxidation sites excluding steroid dienone is 2. The van der Waals surface area contributed by atoms with E-state index in [1.165, 1.54) is 33.5 Å². The van der Waals surface area contributed by atoms with Crippen LogP contribution in [0.25, 0.3) is 0 Å². The first kappa shape index (κ1) is 18.0. The Hall–Kier alpha value is -2.35. The third-order valence-corrected chi connectivity index (χ3v) is 4.62. The number of benzene rings is 2. The molecule has 0 aliphatic rings. The van der Waals surface area contributed by atoms with Crippen molar-refractivity contribution in [1.82, 2.24) is 0 Å². The Morgan fingerprint density at radius 1 is 0.750 bits per heavy atom. The molecule has 0 aliphatic heterocycles. The maximum absolute atomic E-state index is 4.88. The molecule has 2 aromatic carbocycles. The van der Waals surface area contributed by atoms with Crippen molar-refractivity contribution in [1.29, 1.82) is 0 Å². The molecule has 2 nitrogen and oxygen atoms in total. The van der Waals surface area contributed by atoms with Gasteiger partial charge < -0.3 is 5.32 Å². The molecule has 0 heterocycles. The molecule has 2 heteroatoms. The molecule has 2 aromatic rings. The Bertz CT molecular complexity index is 770. The molecule has 0 fully saturated rings. The van der Waals surface area contributed by atoms with E-state index in [1.807, 2.05) is 0 Å². The number of aryl methyl sites for hydroxylation is 4. The van der Waals surface area contributed by atoms with Crippen molar-refractivity contribution < 1.29 is 0 Å². The van der Waals surface area contributed by atoms with Crippen LogP contribution in [0.1, 0.15) is 43.0 Å². The summed E-state index contributed by atoms with van der Waals surface area (Å²) in [6.07, 6.45) is 0. The highest BCUT2D eigenvalue weighted by atomic mass is 14.9. The fourth-order valence-corrected chi connectivity index (χ4v) is 2.80. The van der Waals surface area contributed by atoms with Crippen LogP contribution in [-0.2, 0) is 0 Å². The number of nitrogens with one attached hydrogen (secondary N) is 1. The van der Waals surface area contributed by atoms with E-state index >= 15 is 0 Å². The Labute approximate surface area is 146 Å². The molecule has 126 valence electrons. The van der Waals surface area contributed by atoms with E-state index in [0.717, 1.165) is 17.1 Å². The maximum atomic E-state index is 4.88. The number of nitrogens with zero attached hydrogens (tertiary/aromatic N) is 1. The highest BCUT2D eigenvalue weighted by Gasteiger charge is 2.07. The molecule has 0 unspecified atom stereocenters. The summed E-state index contributed by atoms with van der Waals surface area (Å²) >= 11 is 0. The SMILES string of the molecule is CC(=Nc1c(C)cccc1C)/C(C)=C(/C)Nc1c(C)cccc1C. The number of aliphatic imine (C=N–C) groups is 1. The molecule has 0 aromatic heterocycles. The lowest BCUT2D eigenvalue weighted by atomic mass is 10.1. The second-order valence-corrected chi connectivity index (χ2v) is 6.58. The number of hydrogen-bond acceptors (Lipinski definition) is 2. The van der Waals surface area contributed by atoms with Crippen LogP contribution >= 0.6 is 0 Å². The summed E-state index contributed by atoms with van der Waals surface area (Å²) in [6, 6.07) is 12.7. The van der Waals surface area contributed by atoms with Gasteiger partial charge in [0.1, 0.15) is 0 Å². The maximum Gasteiger partial charge on any atom is 0.0691 e. The van der Waals surface area contributed by atoms with Gasteiger partial charge in [-0.1, -0.05) is 36.4 Å². The normalized spacial score (nSPS) is 12.9. The van der Waals surface area contributed by atoms with E-state index in [4.69, 9.17) is 4.99 Å². The third-order valence-electron chi connectivity index (χ3n) is 4.62. The fourth-order valence-electron chi connectivity index (χ4n) is 2.80. The summed E-state index contributed by atoms with van der Waals surface area (Å²) in [5.41, 5.74) is 10.6. The molecule has 24 heavy (non-hydrogen) atoms. The summed E-state index contributed by atoms with van der Waals surface area (Å²) in [7, 11) is 0. The van der Waals surface area contributed by atoms with Crippen LogP contribution in [0, 0.1) is 27.7 Å². The van der Waals surface area contributed by atoms with Crippen LogP contribution in [-0.4, -0.2) is 5.71 Å². The summed E-state index contributed by atoms with van der Waals surface area (Å²) in [5.74, 6) is 0. The van der Waals surface area contributed by atoms with Gasteiger partial charge in [-0.15, -0.1) is 0 Å². The van der Waals surface area contributed by atoms with E-state index in [1.54, 1.807) is 0 Å². The van der Waals surface area contributed by atoms with Gasteiger partial charge in [-0.25, -0.2) is 0 Å². The molecule has 0 atom stereocenters. The molecule has 0 radical (unpaired) electrons. The molecular formula is C22H28N2. The van der Waals surface area contributed by atoms with Gasteiger partial charge in [-0.3, -0.25) is 4.99 Å². The molecule has 0 amide bonds. The van der Waals surface area contributed by atoms with Gasteiger partial charge in [0.05, 0.1) is 5.69 Å². The lowest BCUT2D eigenvalue weighted by Crippen LogP contribution is -2.06. The number of para-hydroxylation sites is 2. The molecule has 0 spiro atoms. The highest BCUT2D eigenvalue weighted by Crippen LogP contribution is 2.26. The van der Waals surface area contributed by atoms with Gasteiger partial charge in [-0.05, 0) is 76.3 Å². The van der Waals surface area contributed by atoms with Crippen molar-refractivity contribution in [2.75, 3.05) is 5.32 Å². The van der Waals surface area contributed by atoms with Crippen molar-refractivity contribution in [3.05, 3.63) is 69.9 Å². The molecule has 0 saturated carbocycles. The van der Waals surface area contributed by atoms with Crippen LogP contribution in [0.2, 0.25) is 0 Å². The number of hydrogen-bond donors (Lipinski definition) is 1. The van der Waals surface area contributed by atoms with Crippen LogP contribution in [0.15, 0.2) is 52.7 Å². The molecule has 0 bridgehead atoms. The zero-order valence-electron chi connectivity index (χ0n) is 15.9. The van der Waals surface area contributed by atoms with Crippen LogP contribution < -0.4 is 5.32 Å². The van der Waals surface area contributed by atoms with E-state index in [9.17, 15) is 0 Å². The second kappa shape index (κ2) is 7.48. The predicted octanol–water partition coefficient (Wildman–Crippen LogP) is 6.42. The van der Waals surface area contributed by atoms with Crippen molar-refractivity contribution in [3.63, 3.8) is 0 Å². The Kier molecular flexibility index (Phi) is 5.61. The second-order valence-electron chi connectivity index (χ2n) is 6.58. The lowest BCUT2D eigenvalue weighted by Gasteiger charge is -2.16. The van der Waals surface area contributed by atoms with Crippen molar-refractivity contribution >= 4 is 17.1 Å². The predicted molar refractivity (Wildman–Crippen MR) is 107 cm³/mol. The molecular weight excluding hydrogens is 292 g/mol. The lowest BCUT2D eigenvalue weighted by molar-refractivity contribution is 1.25. The van der Waals surface area contributed by atoms with E-state index in [2.05, 4.69) is 90.2 Å². The smallest absolute Gasteiger partial charge is 0.0691 e. The summed E-state index contributed by atoms with van der Waals surface area (Å²) in [5, 5.41) is 3.57.